The first-order valence-corrected chi connectivity index (χ1v) is 10.1. The second-order valence-electron chi connectivity index (χ2n) is 5.80. The Hall–Kier alpha value is -2.42. The molecule has 0 N–H and O–H groups in total. The zero-order chi connectivity index (χ0) is 18.8. The van der Waals surface area contributed by atoms with Gasteiger partial charge in [0.2, 0.25) is 0 Å². The van der Waals surface area contributed by atoms with Crippen molar-refractivity contribution in [1.29, 1.82) is 0 Å². The summed E-state index contributed by atoms with van der Waals surface area (Å²) in [6.45, 7) is 3.57. The lowest BCUT2D eigenvalue weighted by atomic mass is 10.2. The molecule has 5 nitrogen and oxygen atoms in total. The third-order valence-electron chi connectivity index (χ3n) is 4.08. The van der Waals surface area contributed by atoms with Crippen LogP contribution >= 0.6 is 22.7 Å². The highest BCUT2D eigenvalue weighted by molar-refractivity contribution is 7.17. The summed E-state index contributed by atoms with van der Waals surface area (Å²) in [6.07, 6.45) is 0. The first kappa shape index (κ1) is 18.0. The van der Waals surface area contributed by atoms with E-state index in [4.69, 9.17) is 4.74 Å². The average Bonchev–Trinajstić information content (AvgIpc) is 3.25. The fourth-order valence-corrected chi connectivity index (χ4v) is 4.58. The lowest BCUT2D eigenvalue weighted by Gasteiger charge is -2.05. The number of nitrogens with zero attached hydrogens (tertiary/aromatic N) is 3. The van der Waals surface area contributed by atoms with Crippen molar-refractivity contribution in [2.75, 3.05) is 13.2 Å². The van der Waals surface area contributed by atoms with E-state index < -0.39 is 0 Å². The second-order valence-corrected chi connectivity index (χ2v) is 7.69. The van der Waals surface area contributed by atoms with Gasteiger partial charge in [-0.1, -0.05) is 11.3 Å². The molecule has 0 fully saturated rings. The molecule has 0 spiro atoms. The molecule has 0 atom stereocenters. The van der Waals surface area contributed by atoms with E-state index in [0.717, 1.165) is 20.4 Å². The Bertz CT molecular complexity index is 1190. The van der Waals surface area contributed by atoms with Gasteiger partial charge < -0.3 is 9.30 Å². The molecule has 27 heavy (non-hydrogen) atoms. The Kier molecular flexibility index (Phi) is 5.11. The molecule has 0 radical (unpaired) electrons. The molecule has 1 amide bonds. The molecule has 4 rings (SSSR count). The minimum Gasteiger partial charge on any atom is -0.380 e. The Morgan fingerprint density at radius 2 is 2.15 bits per heavy atom. The Morgan fingerprint density at radius 1 is 1.26 bits per heavy atom. The van der Waals surface area contributed by atoms with Gasteiger partial charge in [-0.05, 0) is 43.3 Å². The quantitative estimate of drug-likeness (QED) is 0.470. The van der Waals surface area contributed by atoms with Crippen molar-refractivity contribution in [1.82, 2.24) is 9.55 Å². The number of hydrogen-bond acceptors (Lipinski definition) is 5. The van der Waals surface area contributed by atoms with E-state index in [2.05, 4.69) is 9.98 Å². The molecule has 8 heteroatoms. The topological polar surface area (TPSA) is 56.5 Å². The molecular weight excluding hydrogens is 385 g/mol. The van der Waals surface area contributed by atoms with E-state index in [1.807, 2.05) is 17.6 Å². The van der Waals surface area contributed by atoms with Crippen LogP contribution < -0.4 is 4.80 Å². The van der Waals surface area contributed by atoms with Crippen LogP contribution in [0.2, 0.25) is 0 Å². The summed E-state index contributed by atoms with van der Waals surface area (Å²) in [5.41, 5.74) is 3.95. The standard InChI is InChI=1S/C19H16FN3O2S2/c1-2-25-8-7-23-15-6-4-13(20)10-17(15)27-19(23)22-18(24)12-3-5-14-16(9-12)26-11-21-14/h3-6,9-11H,2,7-8H2,1H3. The predicted molar refractivity (Wildman–Crippen MR) is 106 cm³/mol. The fraction of sp³-hybridized carbons (Fsp3) is 0.211. The van der Waals surface area contributed by atoms with E-state index in [0.29, 0.717) is 30.1 Å². The number of fused-ring (bicyclic) bond motifs is 2. The zero-order valence-electron chi connectivity index (χ0n) is 14.5. The first-order chi connectivity index (χ1) is 13.2. The largest absolute Gasteiger partial charge is 0.380 e. The highest BCUT2D eigenvalue weighted by Crippen LogP contribution is 2.21. The molecule has 2 heterocycles. The van der Waals surface area contributed by atoms with Crippen molar-refractivity contribution in [3.63, 3.8) is 0 Å². The number of carbonyl (C=O) groups is 1. The number of halogens is 1. The molecule has 0 saturated carbocycles. The number of benzene rings is 2. The Balaban J connectivity index is 1.77. The van der Waals surface area contributed by atoms with Crippen molar-refractivity contribution < 1.29 is 13.9 Å². The molecule has 138 valence electrons. The van der Waals surface area contributed by atoms with Crippen LogP contribution in [0.25, 0.3) is 20.4 Å². The average molecular weight is 401 g/mol. The van der Waals surface area contributed by atoms with Crippen LogP contribution in [0.5, 0.6) is 0 Å². The van der Waals surface area contributed by atoms with Gasteiger partial charge in [0, 0.05) is 18.7 Å². The van der Waals surface area contributed by atoms with Crippen molar-refractivity contribution in [3.8, 4) is 0 Å². The zero-order valence-corrected chi connectivity index (χ0v) is 16.1. The molecule has 2 aromatic heterocycles. The Morgan fingerprint density at radius 3 is 3.00 bits per heavy atom. The van der Waals surface area contributed by atoms with Crippen molar-refractivity contribution in [2.45, 2.75) is 13.5 Å². The van der Waals surface area contributed by atoms with Crippen LogP contribution in [0, 0.1) is 5.82 Å². The molecule has 0 bridgehead atoms. The minimum absolute atomic E-state index is 0.311. The summed E-state index contributed by atoms with van der Waals surface area (Å²) in [4.78, 5) is 21.8. The van der Waals surface area contributed by atoms with Crippen LogP contribution in [-0.4, -0.2) is 28.7 Å². The minimum atomic E-state index is -0.331. The van der Waals surface area contributed by atoms with Crippen molar-refractivity contribution >= 4 is 49.0 Å². The van der Waals surface area contributed by atoms with Gasteiger partial charge in [-0.3, -0.25) is 4.79 Å². The number of amides is 1. The summed E-state index contributed by atoms with van der Waals surface area (Å²) in [5, 5.41) is 0. The van der Waals surface area contributed by atoms with Crippen LogP contribution in [0.4, 0.5) is 4.39 Å². The fourth-order valence-electron chi connectivity index (χ4n) is 2.79. The molecule has 2 aromatic carbocycles. The summed E-state index contributed by atoms with van der Waals surface area (Å²) in [5.74, 6) is -0.642. The van der Waals surface area contributed by atoms with Gasteiger partial charge in [0.05, 0.1) is 32.6 Å². The van der Waals surface area contributed by atoms with E-state index in [9.17, 15) is 9.18 Å². The van der Waals surface area contributed by atoms with Crippen molar-refractivity contribution in [3.05, 3.63) is 58.1 Å². The summed E-state index contributed by atoms with van der Waals surface area (Å²) in [6, 6.07) is 9.93. The molecular formula is C19H16FN3O2S2. The van der Waals surface area contributed by atoms with E-state index in [-0.39, 0.29) is 11.7 Å². The third-order valence-corrected chi connectivity index (χ3v) is 5.92. The predicted octanol–water partition coefficient (Wildman–Crippen LogP) is 4.23. The maximum Gasteiger partial charge on any atom is 0.279 e. The van der Waals surface area contributed by atoms with E-state index in [1.54, 1.807) is 23.7 Å². The van der Waals surface area contributed by atoms with Gasteiger partial charge in [0.1, 0.15) is 5.82 Å². The number of thiazole rings is 2. The SMILES string of the molecule is CCOCCn1c(=NC(=O)c2ccc3ncsc3c2)sc2cc(F)ccc21. The van der Waals surface area contributed by atoms with Crippen LogP contribution in [0.3, 0.4) is 0 Å². The maximum absolute atomic E-state index is 13.6. The number of rotatable bonds is 5. The molecule has 0 aliphatic rings. The lowest BCUT2D eigenvalue weighted by molar-refractivity contribution is 0.0997. The maximum atomic E-state index is 13.6. The number of hydrogen-bond donors (Lipinski definition) is 0. The third kappa shape index (κ3) is 3.69. The monoisotopic (exact) mass is 401 g/mol. The summed E-state index contributed by atoms with van der Waals surface area (Å²) >= 11 is 2.78. The molecule has 0 saturated heterocycles. The molecule has 0 unspecified atom stereocenters. The van der Waals surface area contributed by atoms with E-state index in [1.165, 1.54) is 34.8 Å². The first-order valence-electron chi connectivity index (χ1n) is 8.44. The lowest BCUT2D eigenvalue weighted by Crippen LogP contribution is -2.19. The van der Waals surface area contributed by atoms with Gasteiger partial charge in [0.15, 0.2) is 4.80 Å². The van der Waals surface area contributed by atoms with Crippen LogP contribution in [0.1, 0.15) is 17.3 Å². The van der Waals surface area contributed by atoms with Gasteiger partial charge in [0.25, 0.3) is 5.91 Å². The van der Waals surface area contributed by atoms with E-state index >= 15 is 0 Å². The summed E-state index contributed by atoms with van der Waals surface area (Å²) < 4.78 is 22.6. The van der Waals surface area contributed by atoms with Crippen molar-refractivity contribution in [2.24, 2.45) is 4.99 Å². The number of aromatic nitrogens is 2. The molecule has 0 aliphatic heterocycles. The Labute approximate surface area is 162 Å². The molecule has 0 aliphatic carbocycles. The highest BCUT2D eigenvalue weighted by Gasteiger charge is 2.11. The van der Waals surface area contributed by atoms with Gasteiger partial charge in [-0.25, -0.2) is 9.37 Å². The van der Waals surface area contributed by atoms with Gasteiger partial charge >= 0.3 is 0 Å². The van der Waals surface area contributed by atoms with Gasteiger partial charge in [-0.15, -0.1) is 11.3 Å². The smallest absolute Gasteiger partial charge is 0.279 e. The van der Waals surface area contributed by atoms with Gasteiger partial charge in [-0.2, -0.15) is 4.99 Å². The molecule has 4 aromatic rings. The highest BCUT2D eigenvalue weighted by atomic mass is 32.1. The van der Waals surface area contributed by atoms with Crippen LogP contribution in [0.15, 0.2) is 46.9 Å². The summed E-state index contributed by atoms with van der Waals surface area (Å²) in [7, 11) is 0. The van der Waals surface area contributed by atoms with Crippen LogP contribution in [-0.2, 0) is 11.3 Å². The number of carbonyl (C=O) groups excluding carboxylic acids is 1. The second kappa shape index (κ2) is 7.67. The number of ether oxygens (including phenoxy) is 1. The normalized spacial score (nSPS) is 12.3.